The number of hydrogen-bond donors (Lipinski definition) is 0. The molecule has 4 aromatic rings. The Morgan fingerprint density at radius 3 is 2.23 bits per heavy atom. The molecular weight excluding hydrogens is 460 g/mol. The Kier molecular flexibility index (Phi) is 6.23. The van der Waals surface area contributed by atoms with Crippen LogP contribution in [0, 0.1) is 6.92 Å². The Morgan fingerprint density at radius 1 is 0.886 bits per heavy atom. The molecule has 1 aromatic heterocycles. The first-order valence-corrected chi connectivity index (χ1v) is 13.0. The number of carbonyl (C=O) groups excluding carboxylic acids is 1. The number of amides is 1. The summed E-state index contributed by atoms with van der Waals surface area (Å²) in [7, 11) is -3.55. The number of para-hydroxylation sites is 1. The third kappa shape index (κ3) is 4.76. The highest BCUT2D eigenvalue weighted by atomic mass is 32.2. The standard InChI is InChI=1S/C27H26N4O3S/c1-21-28-25-20-23(12-13-26(25)31(21)24-10-6-3-7-11-24)27(32)29-15-17-30(18-16-29)35(33,34)19-14-22-8-4-2-5-9-22/h2-14,19-20H,15-18H2,1H3/b19-14+. The molecule has 0 spiro atoms. The normalized spacial score (nSPS) is 15.2. The number of hydrogen-bond acceptors (Lipinski definition) is 4. The van der Waals surface area contributed by atoms with Gasteiger partial charge in [-0.15, -0.1) is 0 Å². The molecular formula is C27H26N4O3S. The molecule has 0 bridgehead atoms. The van der Waals surface area contributed by atoms with Gasteiger partial charge in [0.15, 0.2) is 0 Å². The second-order valence-electron chi connectivity index (χ2n) is 8.48. The Balaban J connectivity index is 1.29. The number of nitrogens with zero attached hydrogens (tertiary/aromatic N) is 4. The lowest BCUT2D eigenvalue weighted by Gasteiger charge is -2.33. The van der Waals surface area contributed by atoms with Gasteiger partial charge in [0.1, 0.15) is 5.82 Å². The van der Waals surface area contributed by atoms with Crippen molar-refractivity contribution in [2.24, 2.45) is 0 Å². The molecule has 1 amide bonds. The van der Waals surface area contributed by atoms with E-state index in [9.17, 15) is 13.2 Å². The van der Waals surface area contributed by atoms with Crippen LogP contribution < -0.4 is 0 Å². The average Bonchev–Trinajstić information content (AvgIpc) is 3.23. The first-order valence-electron chi connectivity index (χ1n) is 11.5. The van der Waals surface area contributed by atoms with Gasteiger partial charge in [-0.2, -0.15) is 4.31 Å². The number of carbonyl (C=O) groups is 1. The summed E-state index contributed by atoms with van der Waals surface area (Å²) in [4.78, 5) is 19.5. The molecule has 1 saturated heterocycles. The Labute approximate surface area is 205 Å². The number of imidazole rings is 1. The van der Waals surface area contributed by atoms with Crippen LogP contribution in [-0.4, -0.2) is 59.3 Å². The van der Waals surface area contributed by atoms with Gasteiger partial charge in [-0.3, -0.25) is 9.36 Å². The van der Waals surface area contributed by atoms with Crippen LogP contribution >= 0.6 is 0 Å². The summed E-state index contributed by atoms with van der Waals surface area (Å²) in [6.07, 6.45) is 1.60. The summed E-state index contributed by atoms with van der Waals surface area (Å²) in [6.45, 7) is 3.15. The number of rotatable bonds is 5. The van der Waals surface area contributed by atoms with Crippen LogP contribution in [0.2, 0.25) is 0 Å². The van der Waals surface area contributed by atoms with Crippen LogP contribution in [0.15, 0.2) is 84.3 Å². The molecule has 0 atom stereocenters. The third-order valence-electron chi connectivity index (χ3n) is 6.20. The second-order valence-corrected chi connectivity index (χ2v) is 10.3. The Morgan fingerprint density at radius 2 is 1.54 bits per heavy atom. The molecule has 1 aliphatic heterocycles. The number of fused-ring (bicyclic) bond motifs is 1. The summed E-state index contributed by atoms with van der Waals surface area (Å²) in [5, 5.41) is 1.24. The molecule has 0 aliphatic carbocycles. The van der Waals surface area contributed by atoms with E-state index in [1.165, 1.54) is 9.71 Å². The number of aromatic nitrogens is 2. The van der Waals surface area contributed by atoms with Crippen molar-refractivity contribution in [3.05, 3.63) is 101 Å². The van der Waals surface area contributed by atoms with E-state index >= 15 is 0 Å². The highest BCUT2D eigenvalue weighted by molar-refractivity contribution is 7.92. The largest absolute Gasteiger partial charge is 0.336 e. The fourth-order valence-electron chi connectivity index (χ4n) is 4.38. The van der Waals surface area contributed by atoms with Gasteiger partial charge in [0.25, 0.3) is 5.91 Å². The summed E-state index contributed by atoms with van der Waals surface area (Å²) < 4.78 is 28.9. The van der Waals surface area contributed by atoms with E-state index in [0.717, 1.165) is 28.1 Å². The smallest absolute Gasteiger partial charge is 0.254 e. The zero-order chi connectivity index (χ0) is 24.4. The maximum absolute atomic E-state index is 13.2. The summed E-state index contributed by atoms with van der Waals surface area (Å²) >= 11 is 0. The molecule has 3 aromatic carbocycles. The molecule has 8 heteroatoms. The Hall–Kier alpha value is -3.75. The summed E-state index contributed by atoms with van der Waals surface area (Å²) in [5.74, 6) is 0.730. The zero-order valence-electron chi connectivity index (χ0n) is 19.4. The quantitative estimate of drug-likeness (QED) is 0.426. The van der Waals surface area contributed by atoms with Crippen LogP contribution in [0.25, 0.3) is 22.8 Å². The lowest BCUT2D eigenvalue weighted by Crippen LogP contribution is -2.50. The van der Waals surface area contributed by atoms with E-state index in [1.54, 1.807) is 11.0 Å². The lowest BCUT2D eigenvalue weighted by molar-refractivity contribution is 0.0698. The maximum Gasteiger partial charge on any atom is 0.254 e. The van der Waals surface area contributed by atoms with Crippen LogP contribution in [0.5, 0.6) is 0 Å². The monoisotopic (exact) mass is 486 g/mol. The molecule has 0 radical (unpaired) electrons. The molecule has 1 fully saturated rings. The fraction of sp³-hybridized carbons (Fsp3) is 0.185. The minimum absolute atomic E-state index is 0.115. The molecule has 178 valence electrons. The number of sulfonamides is 1. The van der Waals surface area contributed by atoms with Crippen molar-refractivity contribution in [3.63, 3.8) is 0 Å². The molecule has 0 saturated carbocycles. The van der Waals surface area contributed by atoms with Crippen LogP contribution in [0.4, 0.5) is 0 Å². The maximum atomic E-state index is 13.2. The van der Waals surface area contributed by atoms with E-state index in [2.05, 4.69) is 9.55 Å². The van der Waals surface area contributed by atoms with E-state index in [-0.39, 0.29) is 19.0 Å². The van der Waals surface area contributed by atoms with Gasteiger partial charge in [-0.25, -0.2) is 13.4 Å². The van der Waals surface area contributed by atoms with Gasteiger partial charge in [0.05, 0.1) is 11.0 Å². The van der Waals surface area contributed by atoms with Crippen molar-refractivity contribution >= 4 is 33.0 Å². The van der Waals surface area contributed by atoms with E-state index in [4.69, 9.17) is 0 Å². The second kappa shape index (κ2) is 9.48. The molecule has 2 heterocycles. The Bertz CT molecular complexity index is 1490. The van der Waals surface area contributed by atoms with Crippen molar-refractivity contribution in [2.75, 3.05) is 26.2 Å². The molecule has 1 aliphatic rings. The minimum Gasteiger partial charge on any atom is -0.336 e. The van der Waals surface area contributed by atoms with E-state index in [1.807, 2.05) is 85.8 Å². The molecule has 35 heavy (non-hydrogen) atoms. The molecule has 5 rings (SSSR count). The first kappa shape index (κ1) is 23.0. The van der Waals surface area contributed by atoms with Gasteiger partial charge in [-0.1, -0.05) is 48.5 Å². The number of piperazine rings is 1. The van der Waals surface area contributed by atoms with Crippen molar-refractivity contribution in [1.29, 1.82) is 0 Å². The summed E-state index contributed by atoms with van der Waals surface area (Å²) in [5.41, 5.74) is 4.08. The van der Waals surface area contributed by atoms with Crippen molar-refractivity contribution < 1.29 is 13.2 Å². The lowest BCUT2D eigenvalue weighted by atomic mass is 10.1. The molecule has 7 nitrogen and oxygen atoms in total. The van der Waals surface area contributed by atoms with Crippen LogP contribution in [0.3, 0.4) is 0 Å². The van der Waals surface area contributed by atoms with Gasteiger partial charge < -0.3 is 4.90 Å². The fourth-order valence-corrected chi connectivity index (χ4v) is 5.55. The van der Waals surface area contributed by atoms with Gasteiger partial charge >= 0.3 is 0 Å². The van der Waals surface area contributed by atoms with Gasteiger partial charge in [0.2, 0.25) is 10.0 Å². The van der Waals surface area contributed by atoms with Crippen molar-refractivity contribution in [3.8, 4) is 5.69 Å². The molecule has 0 N–H and O–H groups in total. The highest BCUT2D eigenvalue weighted by Crippen LogP contribution is 2.23. The van der Waals surface area contributed by atoms with Crippen LogP contribution in [0.1, 0.15) is 21.7 Å². The van der Waals surface area contributed by atoms with Crippen molar-refractivity contribution in [2.45, 2.75) is 6.92 Å². The first-order chi connectivity index (χ1) is 16.9. The van der Waals surface area contributed by atoms with E-state index in [0.29, 0.717) is 18.7 Å². The third-order valence-corrected chi connectivity index (χ3v) is 7.77. The van der Waals surface area contributed by atoms with Crippen LogP contribution in [-0.2, 0) is 10.0 Å². The van der Waals surface area contributed by atoms with E-state index < -0.39 is 10.0 Å². The average molecular weight is 487 g/mol. The predicted octanol–water partition coefficient (Wildman–Crippen LogP) is 4.09. The highest BCUT2D eigenvalue weighted by Gasteiger charge is 2.28. The van der Waals surface area contributed by atoms with Gasteiger partial charge in [-0.05, 0) is 48.9 Å². The van der Waals surface area contributed by atoms with Gasteiger partial charge in [0, 0.05) is 42.8 Å². The summed E-state index contributed by atoms with van der Waals surface area (Å²) in [6, 6.07) is 24.8. The zero-order valence-corrected chi connectivity index (χ0v) is 20.2. The number of benzene rings is 3. The number of aryl methyl sites for hydroxylation is 1. The predicted molar refractivity (Wildman–Crippen MR) is 138 cm³/mol. The topological polar surface area (TPSA) is 75.5 Å². The molecule has 0 unspecified atom stereocenters. The van der Waals surface area contributed by atoms with Crippen molar-refractivity contribution in [1.82, 2.24) is 18.8 Å². The SMILES string of the molecule is Cc1nc2cc(C(=O)N3CCN(S(=O)(=O)/C=C/c4ccccc4)CC3)ccc2n1-c1ccccc1. The minimum atomic E-state index is -3.55.